The Morgan fingerprint density at radius 2 is 1.75 bits per heavy atom. The summed E-state index contributed by atoms with van der Waals surface area (Å²) in [5, 5.41) is 41.3. The van der Waals surface area contributed by atoms with Crippen LogP contribution in [0.2, 0.25) is 0 Å². The van der Waals surface area contributed by atoms with Crippen LogP contribution in [0.3, 0.4) is 0 Å². The third-order valence-electron chi connectivity index (χ3n) is 8.96. The van der Waals surface area contributed by atoms with E-state index in [4.69, 9.17) is 9.47 Å². The molecule has 0 amide bonds. The number of Topliss-reactive ketones (excluding diaryl/α,β-unsaturated/α-hetero) is 2. The smallest absolute Gasteiger partial charge is 0.200 e. The summed E-state index contributed by atoms with van der Waals surface area (Å²) in [5.74, 6) is -2.36. The van der Waals surface area contributed by atoms with Gasteiger partial charge in [0.2, 0.25) is 0 Å². The van der Waals surface area contributed by atoms with Crippen molar-refractivity contribution < 1.29 is 39.5 Å². The largest absolute Gasteiger partial charge is 0.507 e. The molecule has 5 aliphatic rings. The molecule has 1 saturated heterocycles. The minimum atomic E-state index is -1.44. The number of allylic oxidation sites excluding steroid dienone is 4. The van der Waals surface area contributed by atoms with Crippen molar-refractivity contribution in [3.63, 3.8) is 0 Å². The first kappa shape index (κ1) is 28.5. The molecule has 5 atom stereocenters. The van der Waals surface area contributed by atoms with Gasteiger partial charge in [-0.15, -0.1) is 0 Å². The second-order valence-electron chi connectivity index (χ2n) is 11.9. The van der Waals surface area contributed by atoms with Gasteiger partial charge >= 0.3 is 0 Å². The fourth-order valence-corrected chi connectivity index (χ4v) is 7.09. The number of carbonyl (C=O) groups excluding carboxylic acids is 2. The second kappa shape index (κ2) is 10.4. The van der Waals surface area contributed by atoms with Gasteiger partial charge in [0.05, 0.1) is 19.8 Å². The van der Waals surface area contributed by atoms with E-state index in [-0.39, 0.29) is 78.7 Å². The number of ketones is 2. The van der Waals surface area contributed by atoms with E-state index in [0.717, 1.165) is 11.1 Å². The molecule has 0 unspecified atom stereocenters. The van der Waals surface area contributed by atoms with E-state index >= 15 is 0 Å². The predicted molar refractivity (Wildman–Crippen MR) is 147 cm³/mol. The van der Waals surface area contributed by atoms with Crippen LogP contribution >= 0.6 is 0 Å². The monoisotopic (exact) mass is 553 g/mol. The molecule has 2 fully saturated rings. The summed E-state index contributed by atoms with van der Waals surface area (Å²) in [6.07, 6.45) is 5.95. The van der Waals surface area contributed by atoms with Crippen LogP contribution in [0.5, 0.6) is 17.2 Å². The van der Waals surface area contributed by atoms with Crippen molar-refractivity contribution in [2.45, 2.75) is 51.7 Å². The predicted octanol–water partition coefficient (Wildman–Crippen LogP) is 2.70. The third-order valence-corrected chi connectivity index (χ3v) is 8.96. The average molecular weight is 554 g/mol. The zero-order valence-electron chi connectivity index (χ0n) is 23.6. The van der Waals surface area contributed by atoms with E-state index in [9.17, 15) is 30.0 Å². The quantitative estimate of drug-likeness (QED) is 0.322. The number of hydrogen-bond donors (Lipinski definition) is 4. The molecule has 1 spiro atoms. The Kier molecular flexibility index (Phi) is 7.46. The Morgan fingerprint density at radius 3 is 2.38 bits per heavy atom. The first-order chi connectivity index (χ1) is 19.0. The molecule has 40 heavy (non-hydrogen) atoms. The number of carbonyl (C=O) groups is 2. The maximum atomic E-state index is 14.3. The molecule has 6 rings (SSSR count). The van der Waals surface area contributed by atoms with Gasteiger partial charge in [0.1, 0.15) is 22.8 Å². The molecule has 1 saturated carbocycles. The fourth-order valence-electron chi connectivity index (χ4n) is 7.09. The molecule has 4 N–H and O–H groups in total. The summed E-state index contributed by atoms with van der Waals surface area (Å²) in [5.41, 5.74) is -0.333. The molecular formula is C31H39NO8. The third kappa shape index (κ3) is 4.05. The molecule has 9 heteroatoms. The van der Waals surface area contributed by atoms with Gasteiger partial charge in [0.25, 0.3) is 0 Å². The summed E-state index contributed by atoms with van der Waals surface area (Å²) in [6.45, 7) is 8.73. The van der Waals surface area contributed by atoms with E-state index in [2.05, 4.69) is 0 Å². The van der Waals surface area contributed by atoms with Gasteiger partial charge in [-0.2, -0.15) is 0 Å². The Labute approximate surface area is 234 Å². The first-order valence-corrected chi connectivity index (χ1v) is 13.9. The fraction of sp³-hybridized carbons (Fsp3) is 0.548. The number of benzene rings is 1. The first-order valence-electron chi connectivity index (χ1n) is 13.9. The van der Waals surface area contributed by atoms with Crippen LogP contribution in [0.1, 0.15) is 50.0 Å². The number of phenols is 2. The van der Waals surface area contributed by atoms with Crippen LogP contribution in [0.15, 0.2) is 41.0 Å². The summed E-state index contributed by atoms with van der Waals surface area (Å²) in [4.78, 5) is 30.4. The standard InChI is InChI=1S/C31H39NO8/c1-17(2)5-6-19-24(35)14-25-26(27(19)36)28(37)22-13-20-21(15-32(9-11-33)10-12-34)23-16-39-30(29(20)38,8-7-18(3)4)31(22,23)40-25/h5,7,13-14,20-21,23,33-36H,6,8-12,15-16H2,1-4H3/t20-,21+,23-,30+,31-/m1/s1. The van der Waals surface area contributed by atoms with Gasteiger partial charge < -0.3 is 29.9 Å². The molecular weight excluding hydrogens is 514 g/mol. The highest BCUT2D eigenvalue weighted by atomic mass is 16.6. The van der Waals surface area contributed by atoms with Crippen LogP contribution in [-0.2, 0) is 16.0 Å². The summed E-state index contributed by atoms with van der Waals surface area (Å²) >= 11 is 0. The van der Waals surface area contributed by atoms with E-state index in [0.29, 0.717) is 25.2 Å². The lowest BCUT2D eigenvalue weighted by Crippen LogP contribution is -2.74. The maximum Gasteiger partial charge on any atom is 0.200 e. The summed E-state index contributed by atoms with van der Waals surface area (Å²) in [6, 6.07) is 1.37. The molecule has 4 bridgehead atoms. The lowest BCUT2D eigenvalue weighted by Gasteiger charge is -2.58. The SMILES string of the molecule is CC(C)=CCc1c(O)cc2c(c1O)C(=O)C1=C[C@H]3C(=O)[C@]4(CC=C(C)C)OC[C@H]([C@H]3CN(CCO)CCO)[C@]14O2. The van der Waals surface area contributed by atoms with Gasteiger partial charge in [-0.25, -0.2) is 0 Å². The Morgan fingerprint density at radius 1 is 1.07 bits per heavy atom. The zero-order chi connectivity index (χ0) is 29.0. The molecule has 0 aromatic heterocycles. The van der Waals surface area contributed by atoms with Crippen molar-refractivity contribution >= 4 is 11.6 Å². The number of hydrogen-bond acceptors (Lipinski definition) is 9. The number of ether oxygens (including phenoxy) is 2. The van der Waals surface area contributed by atoms with Crippen molar-refractivity contribution in [1.82, 2.24) is 4.90 Å². The van der Waals surface area contributed by atoms with Gasteiger partial charge in [0, 0.05) is 55.1 Å². The zero-order valence-corrected chi connectivity index (χ0v) is 23.6. The van der Waals surface area contributed by atoms with Gasteiger partial charge in [0.15, 0.2) is 22.8 Å². The topological polar surface area (TPSA) is 137 Å². The Hall–Kier alpha value is -2.98. The highest BCUT2D eigenvalue weighted by Crippen LogP contribution is 2.65. The van der Waals surface area contributed by atoms with E-state index in [1.165, 1.54) is 6.07 Å². The molecule has 2 aliphatic heterocycles. The lowest BCUT2D eigenvalue weighted by molar-refractivity contribution is -0.171. The summed E-state index contributed by atoms with van der Waals surface area (Å²) < 4.78 is 13.1. The molecule has 9 nitrogen and oxygen atoms in total. The maximum absolute atomic E-state index is 14.3. The highest BCUT2D eigenvalue weighted by Gasteiger charge is 2.79. The minimum absolute atomic E-state index is 0.0117. The molecule has 0 radical (unpaired) electrons. The van der Waals surface area contributed by atoms with Crippen LogP contribution in [0.4, 0.5) is 0 Å². The van der Waals surface area contributed by atoms with E-state index in [1.807, 2.05) is 44.7 Å². The highest BCUT2D eigenvalue weighted by molar-refractivity contribution is 6.18. The molecule has 2 heterocycles. The average Bonchev–Trinajstić information content (AvgIpc) is 3.17. The van der Waals surface area contributed by atoms with Crippen molar-refractivity contribution in [1.29, 1.82) is 0 Å². The van der Waals surface area contributed by atoms with E-state index in [1.54, 1.807) is 6.08 Å². The van der Waals surface area contributed by atoms with Crippen LogP contribution in [0.25, 0.3) is 0 Å². The van der Waals surface area contributed by atoms with Crippen LogP contribution in [0, 0.1) is 17.8 Å². The molecule has 1 aromatic rings. The van der Waals surface area contributed by atoms with Crippen molar-refractivity contribution in [2.24, 2.45) is 17.8 Å². The molecule has 216 valence electrons. The number of aliphatic hydroxyl groups is 2. The molecule has 1 aromatic carbocycles. The number of aromatic hydroxyl groups is 2. The minimum Gasteiger partial charge on any atom is -0.507 e. The second-order valence-corrected chi connectivity index (χ2v) is 11.9. The van der Waals surface area contributed by atoms with Crippen LogP contribution in [-0.4, -0.2) is 87.5 Å². The normalized spacial score (nSPS) is 29.6. The number of fused-ring (bicyclic) bond motifs is 1. The van der Waals surface area contributed by atoms with Gasteiger partial charge in [-0.3, -0.25) is 14.5 Å². The van der Waals surface area contributed by atoms with Gasteiger partial charge in [-0.1, -0.05) is 29.4 Å². The number of rotatable bonds is 10. The number of aliphatic hydroxyl groups excluding tert-OH is 2. The summed E-state index contributed by atoms with van der Waals surface area (Å²) in [7, 11) is 0. The van der Waals surface area contributed by atoms with E-state index < -0.39 is 22.9 Å². The molecule has 3 aliphatic carbocycles. The number of phenolic OH excluding ortho intramolecular Hbond substituents is 2. The Balaban J connectivity index is 1.68. The van der Waals surface area contributed by atoms with Crippen molar-refractivity contribution in [3.05, 3.63) is 52.1 Å². The Bertz CT molecular complexity index is 1310. The van der Waals surface area contributed by atoms with Gasteiger partial charge in [-0.05, 0) is 40.0 Å². The lowest BCUT2D eigenvalue weighted by atomic mass is 9.49. The van der Waals surface area contributed by atoms with Crippen molar-refractivity contribution in [3.8, 4) is 17.2 Å². The van der Waals surface area contributed by atoms with Crippen molar-refractivity contribution in [2.75, 3.05) is 39.5 Å². The number of nitrogens with zero attached hydrogens (tertiary/aromatic N) is 1. The van der Waals surface area contributed by atoms with Crippen LogP contribution < -0.4 is 4.74 Å².